The van der Waals surface area contributed by atoms with E-state index in [1.165, 1.54) is 59.7 Å². The highest BCUT2D eigenvalue weighted by Gasteiger charge is 2.35. The molecule has 3 nitrogen and oxygen atoms in total. The van der Waals surface area contributed by atoms with Gasteiger partial charge in [-0.05, 0) is 48.1 Å². The van der Waals surface area contributed by atoms with Gasteiger partial charge in [-0.1, -0.05) is 147 Å². The smallest absolute Gasteiger partial charge is 0.136 e. The van der Waals surface area contributed by atoms with Crippen molar-refractivity contribution in [2.45, 2.75) is 49.9 Å². The first-order valence-electron chi connectivity index (χ1n) is 16.6. The summed E-state index contributed by atoms with van der Waals surface area (Å²) in [6, 6.07) is 41.8. The van der Waals surface area contributed by atoms with Gasteiger partial charge >= 0.3 is 0 Å². The summed E-state index contributed by atoms with van der Waals surface area (Å²) in [6.45, 7) is 0. The molecule has 4 aromatic carbocycles. The number of aromatic nitrogens is 3. The number of para-hydroxylation sites is 1. The molecule has 0 N–H and O–H groups in total. The minimum Gasteiger partial charge on any atom is -0.256 e. The summed E-state index contributed by atoms with van der Waals surface area (Å²) in [4.78, 5) is 14.9. The molecule has 2 heterocycles. The van der Waals surface area contributed by atoms with Crippen molar-refractivity contribution >= 4 is 10.9 Å². The molecule has 0 bridgehead atoms. The third-order valence-electron chi connectivity index (χ3n) is 9.95. The molecule has 0 saturated heterocycles. The summed E-state index contributed by atoms with van der Waals surface area (Å²) < 4.78 is 0. The zero-order chi connectivity index (χ0) is 30.8. The number of benzene rings is 4. The molecule has 1 fully saturated rings. The lowest BCUT2D eigenvalue weighted by atomic mass is 9.65. The molecule has 0 amide bonds. The summed E-state index contributed by atoms with van der Waals surface area (Å²) >= 11 is 0. The van der Waals surface area contributed by atoms with Gasteiger partial charge in [-0.15, -0.1) is 0 Å². The molecule has 2 aromatic heterocycles. The number of allylic oxidation sites excluding steroid dienone is 4. The Morgan fingerprint density at radius 3 is 1.96 bits per heavy atom. The fourth-order valence-electron chi connectivity index (χ4n) is 7.47. The zero-order valence-electron chi connectivity index (χ0n) is 26.0. The van der Waals surface area contributed by atoms with E-state index in [1.807, 2.05) is 12.3 Å². The number of rotatable bonds is 6. The maximum Gasteiger partial charge on any atom is 0.136 e. The molecular weight excluding hydrogens is 558 g/mol. The summed E-state index contributed by atoms with van der Waals surface area (Å²) in [5.74, 6) is 1.07. The van der Waals surface area contributed by atoms with Gasteiger partial charge in [-0.2, -0.15) is 0 Å². The van der Waals surface area contributed by atoms with Gasteiger partial charge in [0.05, 0.1) is 16.9 Å². The van der Waals surface area contributed by atoms with E-state index in [9.17, 15) is 0 Å². The second-order valence-corrected chi connectivity index (χ2v) is 12.7. The van der Waals surface area contributed by atoms with Crippen LogP contribution < -0.4 is 0 Å². The lowest BCUT2D eigenvalue weighted by Crippen LogP contribution is -2.30. The van der Waals surface area contributed by atoms with Gasteiger partial charge in [-0.25, -0.2) is 9.97 Å². The Hall–Kier alpha value is -5.15. The Balaban J connectivity index is 1.15. The normalized spacial score (nSPS) is 17.3. The summed E-state index contributed by atoms with van der Waals surface area (Å²) in [5.41, 5.74) is 10.5. The SMILES string of the molecule is C1=CCC(c2nc(-c3ccccc3)cc(-c3ccc(C4(c5ccc(-c6cccc7cccnc67)cc5)CCCCC4)cc3)n2)C=C1. The first-order valence-corrected chi connectivity index (χ1v) is 16.6. The summed E-state index contributed by atoms with van der Waals surface area (Å²) in [6.07, 6.45) is 17.6. The fourth-order valence-corrected chi connectivity index (χ4v) is 7.47. The van der Waals surface area contributed by atoms with E-state index >= 15 is 0 Å². The first kappa shape index (κ1) is 28.3. The molecule has 0 aliphatic heterocycles. The van der Waals surface area contributed by atoms with Gasteiger partial charge in [0, 0.05) is 39.6 Å². The Morgan fingerprint density at radius 1 is 0.587 bits per heavy atom. The molecule has 8 rings (SSSR count). The van der Waals surface area contributed by atoms with Gasteiger partial charge in [0.1, 0.15) is 5.82 Å². The molecule has 0 radical (unpaired) electrons. The van der Waals surface area contributed by atoms with Crippen molar-refractivity contribution in [1.82, 2.24) is 15.0 Å². The van der Waals surface area contributed by atoms with E-state index in [1.54, 1.807) is 0 Å². The van der Waals surface area contributed by atoms with Crippen molar-refractivity contribution in [2.75, 3.05) is 0 Å². The summed E-state index contributed by atoms with van der Waals surface area (Å²) in [5, 5.41) is 1.17. The molecule has 1 unspecified atom stereocenters. The van der Waals surface area contributed by atoms with E-state index in [4.69, 9.17) is 15.0 Å². The predicted octanol–water partition coefficient (Wildman–Crippen LogP) is 10.9. The lowest BCUT2D eigenvalue weighted by molar-refractivity contribution is 0.346. The first-order chi connectivity index (χ1) is 22.8. The van der Waals surface area contributed by atoms with Crippen molar-refractivity contribution < 1.29 is 0 Å². The lowest BCUT2D eigenvalue weighted by Gasteiger charge is -2.39. The number of fused-ring (bicyclic) bond motifs is 1. The zero-order valence-corrected chi connectivity index (χ0v) is 26.0. The van der Waals surface area contributed by atoms with E-state index in [-0.39, 0.29) is 11.3 Å². The van der Waals surface area contributed by atoms with E-state index in [0.717, 1.165) is 40.3 Å². The second-order valence-electron chi connectivity index (χ2n) is 12.7. The third kappa shape index (κ3) is 5.37. The molecule has 2 aliphatic rings. The highest BCUT2D eigenvalue weighted by molar-refractivity contribution is 5.93. The fraction of sp³-hybridized carbons (Fsp3) is 0.186. The number of nitrogens with zero attached hydrogens (tertiary/aromatic N) is 3. The van der Waals surface area contributed by atoms with Crippen molar-refractivity contribution in [2.24, 2.45) is 0 Å². The van der Waals surface area contributed by atoms with E-state index in [0.29, 0.717) is 0 Å². The van der Waals surface area contributed by atoms with Crippen LogP contribution in [0.5, 0.6) is 0 Å². The van der Waals surface area contributed by atoms with Gasteiger partial charge in [0.15, 0.2) is 0 Å². The van der Waals surface area contributed by atoms with Crippen molar-refractivity contribution in [3.05, 3.63) is 163 Å². The maximum atomic E-state index is 5.13. The van der Waals surface area contributed by atoms with Crippen LogP contribution in [0.15, 0.2) is 146 Å². The van der Waals surface area contributed by atoms with Crippen LogP contribution >= 0.6 is 0 Å². The average Bonchev–Trinajstić information content (AvgIpc) is 3.15. The predicted molar refractivity (Wildman–Crippen MR) is 190 cm³/mol. The Morgan fingerprint density at radius 2 is 1.26 bits per heavy atom. The molecule has 1 saturated carbocycles. The van der Waals surface area contributed by atoms with Crippen molar-refractivity contribution in [1.29, 1.82) is 0 Å². The molecular formula is C43H37N3. The second kappa shape index (κ2) is 12.3. The van der Waals surface area contributed by atoms with E-state index in [2.05, 4.69) is 133 Å². The van der Waals surface area contributed by atoms with Gasteiger partial charge in [0.25, 0.3) is 0 Å². The maximum absolute atomic E-state index is 5.13. The molecule has 46 heavy (non-hydrogen) atoms. The molecule has 224 valence electrons. The highest BCUT2D eigenvalue weighted by Crippen LogP contribution is 2.46. The number of hydrogen-bond acceptors (Lipinski definition) is 3. The van der Waals surface area contributed by atoms with Crippen LogP contribution in [0.2, 0.25) is 0 Å². The number of hydrogen-bond donors (Lipinski definition) is 0. The van der Waals surface area contributed by atoms with Gasteiger partial charge in [0.2, 0.25) is 0 Å². The third-order valence-corrected chi connectivity index (χ3v) is 9.95. The van der Waals surface area contributed by atoms with Crippen LogP contribution in [0.4, 0.5) is 0 Å². The monoisotopic (exact) mass is 595 g/mol. The minimum atomic E-state index is 0.0115. The summed E-state index contributed by atoms with van der Waals surface area (Å²) in [7, 11) is 0. The Kier molecular flexibility index (Phi) is 7.59. The highest BCUT2D eigenvalue weighted by atomic mass is 14.9. The Bertz CT molecular complexity index is 2030. The largest absolute Gasteiger partial charge is 0.256 e. The van der Waals surface area contributed by atoms with Crippen LogP contribution in [-0.4, -0.2) is 15.0 Å². The van der Waals surface area contributed by atoms with Crippen molar-refractivity contribution in [3.63, 3.8) is 0 Å². The van der Waals surface area contributed by atoms with Gasteiger partial charge < -0.3 is 0 Å². The Labute approximate surface area is 271 Å². The molecule has 6 aromatic rings. The topological polar surface area (TPSA) is 38.7 Å². The molecule has 1 atom stereocenters. The average molecular weight is 596 g/mol. The minimum absolute atomic E-state index is 0.0115. The molecule has 2 aliphatic carbocycles. The van der Waals surface area contributed by atoms with Crippen LogP contribution in [0.3, 0.4) is 0 Å². The standard InChI is InChI=1S/C43H37N3/c1-4-12-32(13-5-1)39-30-40(46-42(45-39)35-14-6-2-7-15-35)33-21-25-37(26-22-33)43(27-8-3-9-28-43)36-23-19-31(20-24-36)38-18-10-16-34-17-11-29-44-41(34)38/h1-2,4-7,10-14,16-26,29-30,35H,3,8-9,15,27-28H2. The van der Waals surface area contributed by atoms with E-state index < -0.39 is 0 Å². The van der Waals surface area contributed by atoms with Crippen LogP contribution in [0, 0.1) is 0 Å². The van der Waals surface area contributed by atoms with Gasteiger partial charge in [-0.3, -0.25) is 4.98 Å². The molecule has 0 spiro atoms. The van der Waals surface area contributed by atoms with Crippen LogP contribution in [0.25, 0.3) is 44.5 Å². The van der Waals surface area contributed by atoms with Crippen LogP contribution in [-0.2, 0) is 5.41 Å². The quantitative estimate of drug-likeness (QED) is 0.192. The number of pyridine rings is 1. The molecule has 3 heteroatoms. The van der Waals surface area contributed by atoms with Crippen LogP contribution in [0.1, 0.15) is 61.4 Å². The van der Waals surface area contributed by atoms with Crippen molar-refractivity contribution in [3.8, 4) is 33.6 Å².